The predicted molar refractivity (Wildman–Crippen MR) is 44.7 cm³/mol. The van der Waals surface area contributed by atoms with Gasteiger partial charge in [0.05, 0.1) is 0 Å². The molecule has 0 fully saturated rings. The lowest BCUT2D eigenvalue weighted by Gasteiger charge is -2.24. The number of hydrogen-bond donors (Lipinski definition) is 1. The highest BCUT2D eigenvalue weighted by molar-refractivity contribution is 5.30. The lowest BCUT2D eigenvalue weighted by Crippen LogP contribution is -2.36. The first-order chi connectivity index (χ1) is 4.67. The number of hydrogen-bond acceptors (Lipinski definition) is 1. The summed E-state index contributed by atoms with van der Waals surface area (Å²) >= 11 is 0. The molecular formula is C9H15N. The Morgan fingerprint density at radius 2 is 2.40 bits per heavy atom. The maximum Gasteiger partial charge on any atom is 0.0343 e. The first kappa shape index (κ1) is 7.55. The lowest BCUT2D eigenvalue weighted by molar-refractivity contribution is 0.523. The van der Waals surface area contributed by atoms with Crippen LogP contribution in [0.1, 0.15) is 26.7 Å². The summed E-state index contributed by atoms with van der Waals surface area (Å²) in [6.45, 7) is 4.21. The van der Waals surface area contributed by atoms with Crippen molar-refractivity contribution in [2.24, 2.45) is 5.73 Å². The van der Waals surface area contributed by atoms with Crippen molar-refractivity contribution < 1.29 is 0 Å². The molecule has 0 aromatic carbocycles. The van der Waals surface area contributed by atoms with E-state index in [4.69, 9.17) is 5.73 Å². The van der Waals surface area contributed by atoms with Crippen LogP contribution in [0.4, 0.5) is 0 Å². The maximum atomic E-state index is 6.01. The molecule has 0 saturated carbocycles. The molecule has 1 aliphatic rings. The molecule has 1 nitrogen and oxygen atoms in total. The predicted octanol–water partition coefficient (Wildman–Crippen LogP) is 2.00. The van der Waals surface area contributed by atoms with Gasteiger partial charge in [-0.3, -0.25) is 0 Å². The van der Waals surface area contributed by atoms with Crippen LogP contribution in [-0.2, 0) is 0 Å². The van der Waals surface area contributed by atoms with Gasteiger partial charge in [0.2, 0.25) is 0 Å². The van der Waals surface area contributed by atoms with E-state index in [1.165, 1.54) is 5.57 Å². The van der Waals surface area contributed by atoms with Crippen molar-refractivity contribution in [3.63, 3.8) is 0 Å². The molecule has 56 valence electrons. The Labute approximate surface area is 62.6 Å². The fourth-order valence-corrected chi connectivity index (χ4v) is 1.10. The van der Waals surface area contributed by atoms with E-state index in [0.29, 0.717) is 0 Å². The van der Waals surface area contributed by atoms with Gasteiger partial charge < -0.3 is 5.73 Å². The Morgan fingerprint density at radius 3 is 2.80 bits per heavy atom. The van der Waals surface area contributed by atoms with Gasteiger partial charge in [-0.2, -0.15) is 0 Å². The van der Waals surface area contributed by atoms with E-state index in [-0.39, 0.29) is 5.54 Å². The normalized spacial score (nSPS) is 22.5. The van der Waals surface area contributed by atoms with Crippen LogP contribution in [-0.4, -0.2) is 5.54 Å². The van der Waals surface area contributed by atoms with Gasteiger partial charge >= 0.3 is 0 Å². The highest BCUT2D eigenvalue weighted by atomic mass is 14.7. The van der Waals surface area contributed by atoms with Gasteiger partial charge in [0.25, 0.3) is 0 Å². The second kappa shape index (κ2) is 2.59. The van der Waals surface area contributed by atoms with Crippen molar-refractivity contribution in [1.82, 2.24) is 0 Å². The van der Waals surface area contributed by atoms with Gasteiger partial charge in [0.1, 0.15) is 0 Å². The summed E-state index contributed by atoms with van der Waals surface area (Å²) in [5.41, 5.74) is 7.29. The Kier molecular flexibility index (Phi) is 1.95. The molecule has 0 heterocycles. The molecule has 1 unspecified atom stereocenters. The molecule has 1 heteroatoms. The SMILES string of the molecule is CCC(C)(N)C1=CC=CC1. The fraction of sp³-hybridized carbons (Fsp3) is 0.556. The van der Waals surface area contributed by atoms with E-state index in [2.05, 4.69) is 32.1 Å². The molecular weight excluding hydrogens is 122 g/mol. The third-order valence-electron chi connectivity index (χ3n) is 2.24. The third kappa shape index (κ3) is 1.29. The van der Waals surface area contributed by atoms with Crippen LogP contribution >= 0.6 is 0 Å². The Hall–Kier alpha value is -0.560. The summed E-state index contributed by atoms with van der Waals surface area (Å²) in [5, 5.41) is 0. The average Bonchev–Trinajstić information content (AvgIpc) is 2.38. The fourth-order valence-electron chi connectivity index (χ4n) is 1.10. The first-order valence-corrected chi connectivity index (χ1v) is 3.82. The van der Waals surface area contributed by atoms with Gasteiger partial charge in [-0.1, -0.05) is 25.2 Å². The molecule has 0 radical (unpaired) electrons. The molecule has 2 N–H and O–H groups in total. The zero-order chi connectivity index (χ0) is 7.61. The summed E-state index contributed by atoms with van der Waals surface area (Å²) in [7, 11) is 0. The monoisotopic (exact) mass is 137 g/mol. The van der Waals surface area contributed by atoms with Gasteiger partial charge in [-0.25, -0.2) is 0 Å². The van der Waals surface area contributed by atoms with Gasteiger partial charge in [0, 0.05) is 5.54 Å². The van der Waals surface area contributed by atoms with E-state index in [1.807, 2.05) is 0 Å². The minimum atomic E-state index is -0.0799. The van der Waals surface area contributed by atoms with Crippen LogP contribution < -0.4 is 5.73 Å². The standard InChI is InChI=1S/C9H15N/c1-3-9(2,10)8-6-4-5-7-8/h4-6H,3,7,10H2,1-2H3. The van der Waals surface area contributed by atoms with E-state index >= 15 is 0 Å². The first-order valence-electron chi connectivity index (χ1n) is 3.82. The second-order valence-corrected chi connectivity index (χ2v) is 3.10. The third-order valence-corrected chi connectivity index (χ3v) is 2.24. The van der Waals surface area contributed by atoms with Gasteiger partial charge in [-0.15, -0.1) is 0 Å². The van der Waals surface area contributed by atoms with Crippen LogP contribution in [0, 0.1) is 0 Å². The molecule has 0 aromatic rings. The highest BCUT2D eigenvalue weighted by Gasteiger charge is 2.20. The number of nitrogens with two attached hydrogens (primary N) is 1. The van der Waals surface area contributed by atoms with Gasteiger partial charge in [0.15, 0.2) is 0 Å². The largest absolute Gasteiger partial charge is 0.322 e. The minimum Gasteiger partial charge on any atom is -0.322 e. The molecule has 0 spiro atoms. The van der Waals surface area contributed by atoms with Crippen LogP contribution in [0.3, 0.4) is 0 Å². The summed E-state index contributed by atoms with van der Waals surface area (Å²) in [6, 6.07) is 0. The number of allylic oxidation sites excluding steroid dienone is 3. The van der Waals surface area contributed by atoms with E-state index in [0.717, 1.165) is 12.8 Å². The molecule has 0 aromatic heterocycles. The minimum absolute atomic E-state index is 0.0799. The van der Waals surface area contributed by atoms with Gasteiger partial charge in [-0.05, 0) is 25.3 Å². The molecule has 1 rings (SSSR count). The van der Waals surface area contributed by atoms with Crippen LogP contribution in [0.5, 0.6) is 0 Å². The Bertz CT molecular complexity index is 175. The van der Waals surface area contributed by atoms with E-state index in [9.17, 15) is 0 Å². The van der Waals surface area contributed by atoms with Crippen LogP contribution in [0.15, 0.2) is 23.8 Å². The van der Waals surface area contributed by atoms with Crippen molar-refractivity contribution in [3.8, 4) is 0 Å². The summed E-state index contributed by atoms with van der Waals surface area (Å²) < 4.78 is 0. The number of rotatable bonds is 2. The molecule has 1 atom stereocenters. The van der Waals surface area contributed by atoms with Crippen LogP contribution in [0.2, 0.25) is 0 Å². The quantitative estimate of drug-likeness (QED) is 0.619. The zero-order valence-electron chi connectivity index (χ0n) is 6.72. The zero-order valence-corrected chi connectivity index (χ0v) is 6.72. The van der Waals surface area contributed by atoms with Crippen molar-refractivity contribution in [1.29, 1.82) is 0 Å². The Balaban J connectivity index is 2.65. The molecule has 0 aliphatic heterocycles. The molecule has 1 aliphatic carbocycles. The summed E-state index contributed by atoms with van der Waals surface area (Å²) in [6.07, 6.45) is 8.41. The summed E-state index contributed by atoms with van der Waals surface area (Å²) in [4.78, 5) is 0. The van der Waals surface area contributed by atoms with Crippen molar-refractivity contribution in [3.05, 3.63) is 23.8 Å². The van der Waals surface area contributed by atoms with Crippen molar-refractivity contribution in [2.45, 2.75) is 32.2 Å². The smallest absolute Gasteiger partial charge is 0.0343 e. The topological polar surface area (TPSA) is 26.0 Å². The molecule has 0 bridgehead atoms. The summed E-state index contributed by atoms with van der Waals surface area (Å²) in [5.74, 6) is 0. The average molecular weight is 137 g/mol. The van der Waals surface area contributed by atoms with E-state index in [1.54, 1.807) is 0 Å². The molecule has 0 amide bonds. The lowest BCUT2D eigenvalue weighted by atomic mass is 9.90. The maximum absolute atomic E-state index is 6.01. The van der Waals surface area contributed by atoms with E-state index < -0.39 is 0 Å². The highest BCUT2D eigenvalue weighted by Crippen LogP contribution is 2.24. The molecule has 0 saturated heterocycles. The Morgan fingerprint density at radius 1 is 1.70 bits per heavy atom. The van der Waals surface area contributed by atoms with Crippen LogP contribution in [0.25, 0.3) is 0 Å². The molecule has 10 heavy (non-hydrogen) atoms. The van der Waals surface area contributed by atoms with Crippen molar-refractivity contribution in [2.75, 3.05) is 0 Å². The second-order valence-electron chi connectivity index (χ2n) is 3.10. The van der Waals surface area contributed by atoms with Crippen molar-refractivity contribution >= 4 is 0 Å².